The Morgan fingerprint density at radius 1 is 1.59 bits per heavy atom. The predicted octanol–water partition coefficient (Wildman–Crippen LogP) is 0.938. The molecule has 1 unspecified atom stereocenters. The maximum atomic E-state index is 10.7. The van der Waals surface area contributed by atoms with Gasteiger partial charge in [-0.3, -0.25) is 14.9 Å². The molecule has 7 nitrogen and oxygen atoms in total. The predicted molar refractivity (Wildman–Crippen MR) is 63.2 cm³/mol. The lowest BCUT2D eigenvalue weighted by molar-refractivity contribution is -0.385. The summed E-state index contributed by atoms with van der Waals surface area (Å²) in [5, 5.41) is 20.3. The number of carbonyl (C=O) groups is 1. The molecule has 0 fully saturated rings. The molecule has 0 saturated carbocycles. The van der Waals surface area contributed by atoms with E-state index in [2.05, 4.69) is 15.9 Å². The number of nitro groups is 1. The topological polar surface area (TPSA) is 132 Å². The second-order valence-corrected chi connectivity index (χ2v) is 4.25. The van der Waals surface area contributed by atoms with E-state index in [1.165, 1.54) is 0 Å². The summed E-state index contributed by atoms with van der Waals surface area (Å²) in [6.45, 7) is 0. The first kappa shape index (κ1) is 13.4. The zero-order valence-corrected chi connectivity index (χ0v) is 10.2. The molecule has 0 aliphatic heterocycles. The molecular formula is C9H10BrN3O4. The summed E-state index contributed by atoms with van der Waals surface area (Å²) in [6.07, 6.45) is -0.207. The summed E-state index contributed by atoms with van der Waals surface area (Å²) >= 11 is 2.97. The van der Waals surface area contributed by atoms with Crippen molar-refractivity contribution in [3.63, 3.8) is 0 Å². The van der Waals surface area contributed by atoms with Gasteiger partial charge in [-0.25, -0.2) is 0 Å². The number of nitrogens with zero attached hydrogens (tertiary/aromatic N) is 1. The van der Waals surface area contributed by atoms with E-state index >= 15 is 0 Å². The molecule has 0 saturated heterocycles. The van der Waals surface area contributed by atoms with Gasteiger partial charge in [-0.15, -0.1) is 0 Å². The Hall–Kier alpha value is -1.67. The SMILES string of the molecule is NC(=O)CC(N)c1cc([N+](=O)[O-])cc(Br)c1O. The quantitative estimate of drug-likeness (QED) is 0.562. The average Bonchev–Trinajstić information content (AvgIpc) is 2.20. The van der Waals surface area contributed by atoms with E-state index in [1.54, 1.807) is 0 Å². The van der Waals surface area contributed by atoms with Gasteiger partial charge in [0.15, 0.2) is 0 Å². The summed E-state index contributed by atoms with van der Waals surface area (Å²) in [5.41, 5.74) is 10.5. The third kappa shape index (κ3) is 3.14. The number of benzene rings is 1. The molecular weight excluding hydrogens is 294 g/mol. The summed E-state index contributed by atoms with van der Waals surface area (Å²) < 4.78 is 0.140. The van der Waals surface area contributed by atoms with E-state index < -0.39 is 16.9 Å². The van der Waals surface area contributed by atoms with Gasteiger partial charge in [0.25, 0.3) is 5.69 Å². The van der Waals surface area contributed by atoms with Crippen molar-refractivity contribution in [2.75, 3.05) is 0 Å². The van der Waals surface area contributed by atoms with Crippen molar-refractivity contribution in [2.24, 2.45) is 11.5 Å². The number of hydrogen-bond donors (Lipinski definition) is 3. The smallest absolute Gasteiger partial charge is 0.271 e. The number of aromatic hydroxyl groups is 1. The number of amides is 1. The zero-order valence-electron chi connectivity index (χ0n) is 8.59. The van der Waals surface area contributed by atoms with Crippen molar-refractivity contribution >= 4 is 27.5 Å². The maximum absolute atomic E-state index is 10.7. The van der Waals surface area contributed by atoms with Crippen molar-refractivity contribution in [3.8, 4) is 5.75 Å². The van der Waals surface area contributed by atoms with Gasteiger partial charge in [-0.2, -0.15) is 0 Å². The fourth-order valence-electron chi connectivity index (χ4n) is 1.32. The first-order valence-electron chi connectivity index (χ1n) is 4.53. The fraction of sp³-hybridized carbons (Fsp3) is 0.222. The van der Waals surface area contributed by atoms with E-state index in [9.17, 15) is 20.0 Å². The molecule has 17 heavy (non-hydrogen) atoms. The number of nitro benzene ring substituents is 1. The highest BCUT2D eigenvalue weighted by atomic mass is 79.9. The van der Waals surface area contributed by atoms with Crippen molar-refractivity contribution in [3.05, 3.63) is 32.3 Å². The minimum Gasteiger partial charge on any atom is -0.506 e. The second-order valence-electron chi connectivity index (χ2n) is 3.40. The molecule has 1 aromatic carbocycles. The molecule has 8 heteroatoms. The number of nitrogens with two attached hydrogens (primary N) is 2. The Labute approximate surface area is 105 Å². The Morgan fingerprint density at radius 2 is 2.18 bits per heavy atom. The molecule has 0 aliphatic carbocycles. The Morgan fingerprint density at radius 3 is 2.65 bits per heavy atom. The van der Waals surface area contributed by atoms with Crippen molar-refractivity contribution < 1.29 is 14.8 Å². The van der Waals surface area contributed by atoms with Crippen LogP contribution in [0, 0.1) is 10.1 Å². The molecule has 0 spiro atoms. The Balaban J connectivity index is 3.22. The summed E-state index contributed by atoms with van der Waals surface area (Å²) in [4.78, 5) is 20.7. The van der Waals surface area contributed by atoms with Crippen LogP contribution in [0.4, 0.5) is 5.69 Å². The normalized spacial score (nSPS) is 12.1. The molecule has 0 aliphatic rings. The number of hydrogen-bond acceptors (Lipinski definition) is 5. The van der Waals surface area contributed by atoms with Crippen LogP contribution in [0.3, 0.4) is 0 Å². The third-order valence-electron chi connectivity index (χ3n) is 2.11. The van der Waals surface area contributed by atoms with Gasteiger partial charge in [-0.05, 0) is 15.9 Å². The van der Waals surface area contributed by atoms with Crippen LogP contribution in [-0.2, 0) is 4.79 Å². The van der Waals surface area contributed by atoms with Crippen LogP contribution in [0.1, 0.15) is 18.0 Å². The summed E-state index contributed by atoms with van der Waals surface area (Å²) in [5.74, 6) is -0.885. The number of non-ortho nitro benzene ring substituents is 1. The lowest BCUT2D eigenvalue weighted by Crippen LogP contribution is -2.20. The van der Waals surface area contributed by atoms with Gasteiger partial charge in [0.05, 0.1) is 9.40 Å². The molecule has 0 aromatic heterocycles. The standard InChI is InChI=1S/C9H10BrN3O4/c10-6-2-4(13(16)17)1-5(9(6)15)7(11)3-8(12)14/h1-2,7,15H,3,11H2,(H2,12,14). The first-order valence-corrected chi connectivity index (χ1v) is 5.33. The van der Waals surface area contributed by atoms with Crippen molar-refractivity contribution in [1.29, 1.82) is 0 Å². The van der Waals surface area contributed by atoms with Crippen LogP contribution in [0.25, 0.3) is 0 Å². The molecule has 0 heterocycles. The minimum atomic E-state index is -0.885. The van der Waals surface area contributed by atoms with E-state index in [1.807, 2.05) is 0 Å². The molecule has 1 rings (SSSR count). The van der Waals surface area contributed by atoms with Gasteiger partial charge in [0.1, 0.15) is 5.75 Å². The lowest BCUT2D eigenvalue weighted by atomic mass is 10.0. The van der Waals surface area contributed by atoms with Gasteiger partial charge in [0.2, 0.25) is 5.91 Å². The highest BCUT2D eigenvalue weighted by Crippen LogP contribution is 2.36. The van der Waals surface area contributed by atoms with E-state index in [-0.39, 0.29) is 27.9 Å². The van der Waals surface area contributed by atoms with Crippen LogP contribution in [0.2, 0.25) is 0 Å². The molecule has 0 bridgehead atoms. The van der Waals surface area contributed by atoms with Crippen LogP contribution in [-0.4, -0.2) is 15.9 Å². The number of halogens is 1. The van der Waals surface area contributed by atoms with Gasteiger partial charge >= 0.3 is 0 Å². The zero-order chi connectivity index (χ0) is 13.2. The number of phenolic OH excluding ortho intramolecular Hbond substituents is 1. The van der Waals surface area contributed by atoms with E-state index in [0.717, 1.165) is 12.1 Å². The minimum absolute atomic E-state index is 0.102. The number of rotatable bonds is 4. The van der Waals surface area contributed by atoms with Crippen LogP contribution in [0.5, 0.6) is 5.75 Å². The largest absolute Gasteiger partial charge is 0.506 e. The van der Waals surface area contributed by atoms with Crippen LogP contribution >= 0.6 is 15.9 Å². The third-order valence-corrected chi connectivity index (χ3v) is 2.71. The van der Waals surface area contributed by atoms with Crippen LogP contribution in [0.15, 0.2) is 16.6 Å². The van der Waals surface area contributed by atoms with Gasteiger partial charge in [-0.1, -0.05) is 0 Å². The van der Waals surface area contributed by atoms with Crippen molar-refractivity contribution in [1.82, 2.24) is 0 Å². The average molecular weight is 304 g/mol. The first-order chi connectivity index (χ1) is 7.82. The van der Waals surface area contributed by atoms with Crippen molar-refractivity contribution in [2.45, 2.75) is 12.5 Å². The molecule has 0 radical (unpaired) electrons. The highest BCUT2D eigenvalue weighted by Gasteiger charge is 2.20. The number of carbonyl (C=O) groups excluding carboxylic acids is 1. The molecule has 1 aromatic rings. The van der Waals surface area contributed by atoms with E-state index in [0.29, 0.717) is 0 Å². The molecule has 1 amide bonds. The number of phenols is 1. The fourth-order valence-corrected chi connectivity index (χ4v) is 1.78. The number of primary amides is 1. The van der Waals surface area contributed by atoms with Crippen LogP contribution < -0.4 is 11.5 Å². The monoisotopic (exact) mass is 303 g/mol. The molecule has 92 valence electrons. The van der Waals surface area contributed by atoms with Gasteiger partial charge < -0.3 is 16.6 Å². The summed E-state index contributed by atoms with van der Waals surface area (Å²) in [7, 11) is 0. The van der Waals surface area contributed by atoms with E-state index in [4.69, 9.17) is 11.5 Å². The Bertz CT molecular complexity index is 478. The maximum Gasteiger partial charge on any atom is 0.271 e. The second kappa shape index (κ2) is 5.11. The van der Waals surface area contributed by atoms with Gasteiger partial charge in [0, 0.05) is 30.2 Å². The highest BCUT2D eigenvalue weighted by molar-refractivity contribution is 9.10. The lowest BCUT2D eigenvalue weighted by Gasteiger charge is -2.12. The molecule has 1 atom stereocenters. The Kier molecular flexibility index (Phi) is 4.02. The summed E-state index contributed by atoms with van der Waals surface area (Å²) in [6, 6.07) is 1.38. The molecule has 5 N–H and O–H groups in total.